The molecule has 1 amide bonds. The maximum absolute atomic E-state index is 12.0. The Bertz CT molecular complexity index is 747. The fourth-order valence-electron chi connectivity index (χ4n) is 1.52. The standard InChI is InChI=1S/C12H15N3O3S3/c1-7(2)12-15-9(6-19-12)11(16)14-5-8-3-4-10(20-8)21(13,17)18/h3-4,6-7H,5H2,1-2H3,(H,14,16)(H2,13,17,18). The number of thiophene rings is 1. The number of amides is 1. The molecule has 0 unspecified atom stereocenters. The van der Waals surface area contributed by atoms with Crippen molar-refractivity contribution in [2.75, 3.05) is 0 Å². The quantitative estimate of drug-likeness (QED) is 0.864. The van der Waals surface area contributed by atoms with Crippen molar-refractivity contribution in [1.29, 1.82) is 0 Å². The van der Waals surface area contributed by atoms with Crippen LogP contribution in [0.4, 0.5) is 0 Å². The maximum Gasteiger partial charge on any atom is 0.271 e. The number of carbonyl (C=O) groups is 1. The van der Waals surface area contributed by atoms with Gasteiger partial charge in [0.05, 0.1) is 11.6 Å². The molecule has 0 aliphatic carbocycles. The predicted molar refractivity (Wildman–Crippen MR) is 83.1 cm³/mol. The van der Waals surface area contributed by atoms with Gasteiger partial charge in [0.15, 0.2) is 0 Å². The summed E-state index contributed by atoms with van der Waals surface area (Å²) in [5.41, 5.74) is 0.381. The first-order valence-corrected chi connectivity index (χ1v) is 9.36. The van der Waals surface area contributed by atoms with E-state index in [4.69, 9.17) is 5.14 Å². The molecule has 0 spiro atoms. The van der Waals surface area contributed by atoms with Crippen molar-refractivity contribution in [2.45, 2.75) is 30.5 Å². The van der Waals surface area contributed by atoms with Crippen molar-refractivity contribution in [3.05, 3.63) is 33.1 Å². The minimum atomic E-state index is -3.68. The van der Waals surface area contributed by atoms with Crippen molar-refractivity contribution in [2.24, 2.45) is 5.14 Å². The van der Waals surface area contributed by atoms with Crippen LogP contribution in [0.15, 0.2) is 21.7 Å². The molecule has 2 rings (SSSR count). The fourth-order valence-corrected chi connectivity index (χ4v) is 4.05. The van der Waals surface area contributed by atoms with Crippen LogP contribution in [-0.4, -0.2) is 19.3 Å². The second kappa shape index (κ2) is 6.22. The van der Waals surface area contributed by atoms with Gasteiger partial charge in [0.1, 0.15) is 9.90 Å². The molecule has 114 valence electrons. The Kier molecular flexibility index (Phi) is 4.77. The highest BCUT2D eigenvalue weighted by Crippen LogP contribution is 2.21. The van der Waals surface area contributed by atoms with E-state index in [1.807, 2.05) is 13.8 Å². The van der Waals surface area contributed by atoms with E-state index in [0.717, 1.165) is 16.3 Å². The molecule has 0 atom stereocenters. The summed E-state index contributed by atoms with van der Waals surface area (Å²) in [4.78, 5) is 16.9. The van der Waals surface area contributed by atoms with Gasteiger partial charge in [0.2, 0.25) is 10.0 Å². The number of nitrogens with one attached hydrogen (secondary N) is 1. The highest BCUT2D eigenvalue weighted by Gasteiger charge is 2.14. The second-order valence-corrected chi connectivity index (χ2v) is 8.52. The second-order valence-electron chi connectivity index (χ2n) is 4.67. The van der Waals surface area contributed by atoms with Crippen molar-refractivity contribution in [3.63, 3.8) is 0 Å². The number of thiazole rings is 1. The molecule has 2 aromatic heterocycles. The summed E-state index contributed by atoms with van der Waals surface area (Å²) in [6.07, 6.45) is 0. The molecule has 0 bridgehead atoms. The number of rotatable bonds is 5. The van der Waals surface area contributed by atoms with Gasteiger partial charge in [-0.15, -0.1) is 22.7 Å². The zero-order chi connectivity index (χ0) is 15.6. The van der Waals surface area contributed by atoms with Gasteiger partial charge >= 0.3 is 0 Å². The van der Waals surface area contributed by atoms with Crippen LogP contribution in [0.2, 0.25) is 0 Å². The topological polar surface area (TPSA) is 102 Å². The van der Waals surface area contributed by atoms with Crippen LogP contribution in [-0.2, 0) is 16.6 Å². The number of primary sulfonamides is 1. The van der Waals surface area contributed by atoms with E-state index in [0.29, 0.717) is 10.6 Å². The van der Waals surface area contributed by atoms with Gasteiger partial charge < -0.3 is 5.32 Å². The number of hydrogen-bond donors (Lipinski definition) is 2. The fraction of sp³-hybridized carbons (Fsp3) is 0.333. The van der Waals surface area contributed by atoms with E-state index in [1.165, 1.54) is 17.4 Å². The van der Waals surface area contributed by atoms with E-state index in [1.54, 1.807) is 11.4 Å². The molecule has 0 fully saturated rings. The van der Waals surface area contributed by atoms with E-state index >= 15 is 0 Å². The maximum atomic E-state index is 12.0. The molecular weight excluding hydrogens is 330 g/mol. The lowest BCUT2D eigenvalue weighted by Crippen LogP contribution is -2.22. The van der Waals surface area contributed by atoms with Crippen LogP contribution < -0.4 is 10.5 Å². The Morgan fingerprint density at radius 3 is 2.67 bits per heavy atom. The van der Waals surface area contributed by atoms with Crippen molar-refractivity contribution in [1.82, 2.24) is 10.3 Å². The van der Waals surface area contributed by atoms with Crippen LogP contribution >= 0.6 is 22.7 Å². The number of hydrogen-bond acceptors (Lipinski definition) is 6. The Hall–Kier alpha value is -1.29. The monoisotopic (exact) mass is 345 g/mol. The summed E-state index contributed by atoms with van der Waals surface area (Å²) in [5.74, 6) is 0.00914. The van der Waals surface area contributed by atoms with Crippen molar-refractivity contribution >= 4 is 38.6 Å². The Morgan fingerprint density at radius 1 is 1.43 bits per heavy atom. The third-order valence-electron chi connectivity index (χ3n) is 2.59. The summed E-state index contributed by atoms with van der Waals surface area (Å²) in [7, 11) is -3.68. The van der Waals surface area contributed by atoms with Gasteiger partial charge in [-0.05, 0) is 12.1 Å². The van der Waals surface area contributed by atoms with E-state index < -0.39 is 10.0 Å². The Labute approximate surface area is 131 Å². The largest absolute Gasteiger partial charge is 0.346 e. The molecule has 0 aliphatic rings. The summed E-state index contributed by atoms with van der Waals surface area (Å²) < 4.78 is 22.4. The number of nitrogens with zero attached hydrogens (tertiary/aromatic N) is 1. The number of sulfonamides is 1. The molecule has 9 heteroatoms. The molecule has 3 N–H and O–H groups in total. The molecule has 0 aromatic carbocycles. The van der Waals surface area contributed by atoms with Gasteiger partial charge in [0.25, 0.3) is 5.91 Å². The van der Waals surface area contributed by atoms with Crippen LogP contribution in [0, 0.1) is 0 Å². The molecule has 21 heavy (non-hydrogen) atoms. The van der Waals surface area contributed by atoms with Gasteiger partial charge in [-0.2, -0.15) is 0 Å². The molecule has 2 heterocycles. The van der Waals surface area contributed by atoms with Crippen LogP contribution in [0.25, 0.3) is 0 Å². The first-order chi connectivity index (χ1) is 9.77. The minimum Gasteiger partial charge on any atom is -0.346 e. The van der Waals surface area contributed by atoms with Crippen molar-refractivity contribution < 1.29 is 13.2 Å². The van der Waals surface area contributed by atoms with Gasteiger partial charge in [-0.1, -0.05) is 13.8 Å². The van der Waals surface area contributed by atoms with Crippen molar-refractivity contribution in [3.8, 4) is 0 Å². The van der Waals surface area contributed by atoms with Gasteiger partial charge in [0, 0.05) is 16.2 Å². The average molecular weight is 345 g/mol. The minimum absolute atomic E-state index is 0.0856. The summed E-state index contributed by atoms with van der Waals surface area (Å²) >= 11 is 2.49. The number of aromatic nitrogens is 1. The number of carbonyl (C=O) groups excluding carboxylic acids is 1. The first-order valence-electron chi connectivity index (χ1n) is 6.12. The zero-order valence-corrected chi connectivity index (χ0v) is 13.9. The van der Waals surface area contributed by atoms with Crippen LogP contribution in [0.3, 0.4) is 0 Å². The highest BCUT2D eigenvalue weighted by molar-refractivity contribution is 7.91. The lowest BCUT2D eigenvalue weighted by atomic mass is 10.2. The molecule has 0 aliphatic heterocycles. The average Bonchev–Trinajstić information content (AvgIpc) is 3.04. The molecular formula is C12H15N3O3S3. The Morgan fingerprint density at radius 2 is 2.14 bits per heavy atom. The predicted octanol–water partition coefficient (Wildman–Crippen LogP) is 1.91. The highest BCUT2D eigenvalue weighted by atomic mass is 32.2. The van der Waals surface area contributed by atoms with Gasteiger partial charge in [-0.3, -0.25) is 4.79 Å². The smallest absolute Gasteiger partial charge is 0.271 e. The van der Waals surface area contributed by atoms with E-state index in [-0.39, 0.29) is 22.6 Å². The third-order valence-corrected chi connectivity index (χ3v) is 6.26. The SMILES string of the molecule is CC(C)c1nc(C(=O)NCc2ccc(S(N)(=O)=O)s2)cs1. The van der Waals surface area contributed by atoms with Crippen LogP contribution in [0.5, 0.6) is 0 Å². The molecule has 0 radical (unpaired) electrons. The van der Waals surface area contributed by atoms with E-state index in [9.17, 15) is 13.2 Å². The first kappa shape index (κ1) is 16.1. The Balaban J connectivity index is 1.99. The lowest BCUT2D eigenvalue weighted by molar-refractivity contribution is 0.0947. The molecule has 0 saturated heterocycles. The summed E-state index contributed by atoms with van der Waals surface area (Å²) in [6.45, 7) is 4.27. The normalized spacial score (nSPS) is 11.8. The zero-order valence-electron chi connectivity index (χ0n) is 11.5. The van der Waals surface area contributed by atoms with Gasteiger partial charge in [-0.25, -0.2) is 18.5 Å². The summed E-state index contributed by atoms with van der Waals surface area (Å²) in [5, 5.41) is 10.4. The lowest BCUT2D eigenvalue weighted by Gasteiger charge is -2.01. The summed E-state index contributed by atoms with van der Waals surface area (Å²) in [6, 6.07) is 3.06. The third kappa shape index (κ3) is 4.10. The number of nitrogens with two attached hydrogens (primary N) is 1. The van der Waals surface area contributed by atoms with Crippen LogP contribution in [0.1, 0.15) is 40.1 Å². The molecule has 6 nitrogen and oxygen atoms in total. The molecule has 0 saturated carbocycles. The molecule has 2 aromatic rings. The van der Waals surface area contributed by atoms with E-state index in [2.05, 4.69) is 10.3 Å².